The third kappa shape index (κ3) is 3.39. The van der Waals surface area contributed by atoms with Crippen molar-refractivity contribution in [2.75, 3.05) is 18.5 Å². The number of rotatable bonds is 4. The fourth-order valence-electron chi connectivity index (χ4n) is 2.97. The highest BCUT2D eigenvalue weighted by molar-refractivity contribution is 5.91. The Hall–Kier alpha value is -3.28. The van der Waals surface area contributed by atoms with E-state index >= 15 is 0 Å². The van der Waals surface area contributed by atoms with Crippen LogP contribution in [-0.2, 0) is 11.2 Å². The van der Waals surface area contributed by atoms with Crippen molar-refractivity contribution in [3.05, 3.63) is 64.4 Å². The van der Waals surface area contributed by atoms with Crippen molar-refractivity contribution in [3.63, 3.8) is 0 Å². The minimum Gasteiger partial charge on any atom is -0.486 e. The van der Waals surface area contributed by atoms with Gasteiger partial charge in [-0.3, -0.25) is 9.59 Å². The van der Waals surface area contributed by atoms with Crippen LogP contribution < -0.4 is 20.3 Å². The van der Waals surface area contributed by atoms with E-state index in [-0.39, 0.29) is 17.9 Å². The molecule has 2 aromatic carbocycles. The number of hydrogen-bond acceptors (Lipinski definition) is 4. The number of aryl methyl sites for hydroxylation is 1. The lowest BCUT2D eigenvalue weighted by atomic mass is 10.1. The van der Waals surface area contributed by atoms with Gasteiger partial charge in [-0.2, -0.15) is 0 Å². The van der Waals surface area contributed by atoms with E-state index in [1.165, 1.54) is 0 Å². The number of para-hydroxylation sites is 1. The number of pyridine rings is 1. The van der Waals surface area contributed by atoms with Crippen LogP contribution in [0.1, 0.15) is 12.0 Å². The van der Waals surface area contributed by atoms with Crippen LogP contribution >= 0.6 is 0 Å². The highest BCUT2D eigenvalue weighted by atomic mass is 16.6. The number of aromatic nitrogens is 1. The van der Waals surface area contributed by atoms with Gasteiger partial charge in [0.25, 0.3) is 5.56 Å². The summed E-state index contributed by atoms with van der Waals surface area (Å²) in [6, 6.07) is 14.7. The molecule has 1 aliphatic rings. The molecule has 6 heteroatoms. The first-order valence-corrected chi connectivity index (χ1v) is 8.49. The first-order valence-electron chi connectivity index (χ1n) is 8.49. The smallest absolute Gasteiger partial charge is 0.251 e. The molecule has 0 spiro atoms. The second-order valence-corrected chi connectivity index (χ2v) is 6.12. The van der Waals surface area contributed by atoms with Crippen molar-refractivity contribution in [3.8, 4) is 11.5 Å². The van der Waals surface area contributed by atoms with Gasteiger partial charge in [-0.1, -0.05) is 18.2 Å². The number of carbonyl (C=O) groups is 1. The van der Waals surface area contributed by atoms with Crippen molar-refractivity contribution >= 4 is 22.5 Å². The monoisotopic (exact) mass is 350 g/mol. The molecule has 0 fully saturated rings. The molecule has 1 amide bonds. The Morgan fingerprint density at radius 3 is 2.73 bits per heavy atom. The van der Waals surface area contributed by atoms with Crippen molar-refractivity contribution in [1.29, 1.82) is 0 Å². The lowest BCUT2D eigenvalue weighted by Crippen LogP contribution is -2.18. The first-order chi connectivity index (χ1) is 12.7. The molecule has 0 bridgehead atoms. The Morgan fingerprint density at radius 2 is 1.85 bits per heavy atom. The van der Waals surface area contributed by atoms with E-state index in [0.29, 0.717) is 42.4 Å². The molecule has 0 aliphatic carbocycles. The maximum Gasteiger partial charge on any atom is 0.251 e. The van der Waals surface area contributed by atoms with Gasteiger partial charge in [-0.25, -0.2) is 0 Å². The van der Waals surface area contributed by atoms with E-state index < -0.39 is 0 Å². The highest BCUT2D eigenvalue weighted by Crippen LogP contribution is 2.32. The Labute approximate surface area is 149 Å². The number of carbonyl (C=O) groups excluding carboxylic acids is 1. The summed E-state index contributed by atoms with van der Waals surface area (Å²) in [6.45, 7) is 1.02. The van der Waals surface area contributed by atoms with Crippen LogP contribution in [-0.4, -0.2) is 24.1 Å². The van der Waals surface area contributed by atoms with Crippen molar-refractivity contribution in [2.45, 2.75) is 12.8 Å². The fourth-order valence-corrected chi connectivity index (χ4v) is 2.97. The highest BCUT2D eigenvalue weighted by Gasteiger charge is 2.13. The van der Waals surface area contributed by atoms with Crippen molar-refractivity contribution in [2.24, 2.45) is 0 Å². The summed E-state index contributed by atoms with van der Waals surface area (Å²) in [5.74, 6) is 1.14. The first kappa shape index (κ1) is 16.2. The van der Waals surface area contributed by atoms with Gasteiger partial charge in [0.15, 0.2) is 11.5 Å². The summed E-state index contributed by atoms with van der Waals surface area (Å²) >= 11 is 0. The van der Waals surface area contributed by atoms with E-state index in [4.69, 9.17) is 9.47 Å². The molecule has 6 nitrogen and oxygen atoms in total. The van der Waals surface area contributed by atoms with Crippen LogP contribution in [0.5, 0.6) is 11.5 Å². The van der Waals surface area contributed by atoms with Crippen LogP contribution in [0, 0.1) is 0 Å². The average molecular weight is 350 g/mol. The number of aromatic amines is 1. The molecule has 0 unspecified atom stereocenters. The van der Waals surface area contributed by atoms with Gasteiger partial charge < -0.3 is 19.8 Å². The Morgan fingerprint density at radius 1 is 1.04 bits per heavy atom. The Bertz CT molecular complexity index is 1030. The molecule has 2 heterocycles. The summed E-state index contributed by atoms with van der Waals surface area (Å²) in [6.07, 6.45) is 0.590. The van der Waals surface area contributed by atoms with Gasteiger partial charge in [0.05, 0.1) is 0 Å². The molecule has 1 aromatic heterocycles. The number of fused-ring (bicyclic) bond motifs is 2. The molecule has 0 saturated heterocycles. The van der Waals surface area contributed by atoms with E-state index in [1.807, 2.05) is 30.3 Å². The molecule has 1 aliphatic heterocycles. The van der Waals surface area contributed by atoms with E-state index in [2.05, 4.69) is 10.3 Å². The van der Waals surface area contributed by atoms with Crippen molar-refractivity contribution in [1.82, 2.24) is 4.98 Å². The maximum atomic E-state index is 12.2. The number of hydrogen-bond donors (Lipinski definition) is 2. The number of H-pyrrole nitrogens is 1. The third-order valence-electron chi connectivity index (χ3n) is 4.28. The van der Waals surface area contributed by atoms with Gasteiger partial charge >= 0.3 is 0 Å². The lowest BCUT2D eigenvalue weighted by molar-refractivity contribution is -0.116. The normalized spacial score (nSPS) is 12.8. The second-order valence-electron chi connectivity index (χ2n) is 6.12. The van der Waals surface area contributed by atoms with Crippen LogP contribution in [0.2, 0.25) is 0 Å². The molecule has 0 radical (unpaired) electrons. The predicted molar refractivity (Wildman–Crippen MR) is 99.0 cm³/mol. The third-order valence-corrected chi connectivity index (χ3v) is 4.28. The van der Waals surface area contributed by atoms with Gasteiger partial charge in [0, 0.05) is 29.3 Å². The van der Waals surface area contributed by atoms with Crippen molar-refractivity contribution < 1.29 is 14.3 Å². The van der Waals surface area contributed by atoms with Gasteiger partial charge in [0.2, 0.25) is 5.91 Å². The van der Waals surface area contributed by atoms with Crippen LogP contribution in [0.15, 0.2) is 53.3 Å². The molecule has 0 atom stereocenters. The largest absolute Gasteiger partial charge is 0.486 e. The standard InChI is InChI=1S/C20H18N2O4/c23-19(21-15-6-7-17-18(12-15)26-10-9-25-17)8-5-14-11-13-3-1-2-4-16(13)22-20(14)24/h1-4,6-7,11-12H,5,8-10H2,(H,21,23)(H,22,24). The lowest BCUT2D eigenvalue weighted by Gasteiger charge is -2.19. The van der Waals surface area contributed by atoms with Gasteiger partial charge in [-0.15, -0.1) is 0 Å². The summed E-state index contributed by atoms with van der Waals surface area (Å²) in [4.78, 5) is 27.2. The molecule has 0 saturated carbocycles. The number of amides is 1. The Balaban J connectivity index is 1.43. The molecular weight excluding hydrogens is 332 g/mol. The van der Waals surface area contributed by atoms with Crippen LogP contribution in [0.25, 0.3) is 10.9 Å². The quantitative estimate of drug-likeness (QED) is 0.758. The zero-order valence-corrected chi connectivity index (χ0v) is 14.1. The zero-order chi connectivity index (χ0) is 17.9. The number of anilines is 1. The molecule has 132 valence electrons. The Kier molecular flexibility index (Phi) is 4.31. The minimum absolute atomic E-state index is 0.157. The molecular formula is C20H18N2O4. The van der Waals surface area contributed by atoms with Gasteiger partial charge in [0.1, 0.15) is 13.2 Å². The van der Waals surface area contributed by atoms with Crippen LogP contribution in [0.3, 0.4) is 0 Å². The van der Waals surface area contributed by atoms with E-state index in [1.54, 1.807) is 18.2 Å². The van der Waals surface area contributed by atoms with Crippen LogP contribution in [0.4, 0.5) is 5.69 Å². The summed E-state index contributed by atoms with van der Waals surface area (Å²) in [5.41, 5.74) is 1.88. The summed E-state index contributed by atoms with van der Waals surface area (Å²) in [7, 11) is 0. The second kappa shape index (κ2) is 6.92. The fraction of sp³-hybridized carbons (Fsp3) is 0.200. The number of nitrogens with one attached hydrogen (secondary N) is 2. The summed E-state index contributed by atoms with van der Waals surface area (Å²) in [5, 5.41) is 3.79. The minimum atomic E-state index is -0.158. The molecule has 26 heavy (non-hydrogen) atoms. The zero-order valence-electron chi connectivity index (χ0n) is 14.1. The molecule has 2 N–H and O–H groups in total. The maximum absolute atomic E-state index is 12.2. The molecule has 3 aromatic rings. The predicted octanol–water partition coefficient (Wildman–Crippen LogP) is 2.87. The van der Waals surface area contributed by atoms with E-state index in [9.17, 15) is 9.59 Å². The SMILES string of the molecule is O=C(CCc1cc2ccccc2[nH]c1=O)Nc1ccc2c(c1)OCCO2. The number of benzene rings is 2. The van der Waals surface area contributed by atoms with Gasteiger partial charge in [-0.05, 0) is 36.1 Å². The average Bonchev–Trinajstić information content (AvgIpc) is 2.66. The topological polar surface area (TPSA) is 80.4 Å². The molecule has 4 rings (SSSR count). The number of ether oxygens (including phenoxy) is 2. The summed E-state index contributed by atoms with van der Waals surface area (Å²) < 4.78 is 11.0. The van der Waals surface area contributed by atoms with E-state index in [0.717, 1.165) is 10.9 Å².